The second kappa shape index (κ2) is 16.8. The van der Waals surface area contributed by atoms with Gasteiger partial charge in [0.25, 0.3) is 0 Å². The van der Waals surface area contributed by atoms with Gasteiger partial charge in [-0.25, -0.2) is 5.43 Å². The van der Waals surface area contributed by atoms with Crippen molar-refractivity contribution in [3.8, 4) is 11.5 Å². The number of carbonyl (C=O) groups is 4. The Balaban J connectivity index is 0.00000580. The molecular formula is C37H44ClN4O13-. The molecule has 2 heterocycles. The third-order valence-electron chi connectivity index (χ3n) is 10.5. The van der Waals surface area contributed by atoms with Crippen molar-refractivity contribution in [2.75, 3.05) is 13.2 Å². The number of carbonyl (C=O) groups excluding carboxylic acids is 4. The molecule has 0 saturated carbocycles. The van der Waals surface area contributed by atoms with Gasteiger partial charge < -0.3 is 55.9 Å². The lowest BCUT2D eigenvalue weighted by atomic mass is 9.71. The number of unbranched alkanes of at least 4 members (excludes halogenated alkanes) is 2. The lowest BCUT2D eigenvalue weighted by Gasteiger charge is -2.43. The number of hydrogen-bond donors (Lipinski definition) is 8. The van der Waals surface area contributed by atoms with E-state index in [2.05, 4.69) is 10.5 Å². The fraction of sp³-hybridized carbons (Fsp3) is 0.486. The summed E-state index contributed by atoms with van der Waals surface area (Å²) in [5.74, 6) is -4.01. The van der Waals surface area contributed by atoms with Gasteiger partial charge in [0.05, 0.1) is 48.4 Å². The molecule has 2 aromatic rings. The summed E-state index contributed by atoms with van der Waals surface area (Å²) >= 11 is 0. The smallest absolute Gasteiger partial charge is 0.245 e. The molecule has 9 N–H and O–H groups in total. The number of phenols is 2. The van der Waals surface area contributed by atoms with E-state index in [1.54, 1.807) is 6.92 Å². The van der Waals surface area contributed by atoms with Gasteiger partial charge >= 0.3 is 0 Å². The van der Waals surface area contributed by atoms with Crippen LogP contribution in [-0.2, 0) is 32.1 Å². The summed E-state index contributed by atoms with van der Waals surface area (Å²) in [7, 11) is 0. The maximum Gasteiger partial charge on any atom is 0.245 e. The molecule has 2 unspecified atom stereocenters. The van der Waals surface area contributed by atoms with E-state index in [4.69, 9.17) is 15.2 Å². The van der Waals surface area contributed by atoms with Crippen molar-refractivity contribution >= 4 is 41.5 Å². The van der Waals surface area contributed by atoms with Gasteiger partial charge in [0.2, 0.25) is 11.8 Å². The molecule has 2 aromatic carbocycles. The summed E-state index contributed by atoms with van der Waals surface area (Å²) in [6.07, 6.45) is -2.73. The first-order valence-electron chi connectivity index (χ1n) is 17.7. The van der Waals surface area contributed by atoms with Gasteiger partial charge in [-0.3, -0.25) is 19.2 Å². The molecule has 17 nitrogen and oxygen atoms in total. The van der Waals surface area contributed by atoms with Crippen LogP contribution in [-0.4, -0.2) is 114 Å². The van der Waals surface area contributed by atoms with Gasteiger partial charge in [0.1, 0.15) is 17.1 Å². The highest BCUT2D eigenvalue weighted by molar-refractivity contribution is 6.31. The molecule has 2 aliphatic heterocycles. The molecule has 0 bridgehead atoms. The quantitative estimate of drug-likeness (QED) is 0.0495. The number of nitrogens with two attached hydrogens (primary N) is 1. The molecule has 1 saturated heterocycles. The zero-order valence-electron chi connectivity index (χ0n) is 29.8. The van der Waals surface area contributed by atoms with Crippen molar-refractivity contribution in [3.05, 3.63) is 69.3 Å². The van der Waals surface area contributed by atoms with Gasteiger partial charge in [0, 0.05) is 60.5 Å². The van der Waals surface area contributed by atoms with Gasteiger partial charge in [0.15, 0.2) is 17.9 Å². The first-order valence-corrected chi connectivity index (χ1v) is 17.7. The molecule has 0 spiro atoms. The maximum atomic E-state index is 13.9. The van der Waals surface area contributed by atoms with Crippen LogP contribution in [0.2, 0.25) is 0 Å². The van der Waals surface area contributed by atoms with E-state index in [0.29, 0.717) is 19.3 Å². The number of amides is 2. The highest BCUT2D eigenvalue weighted by atomic mass is 35.5. The molecule has 0 radical (unpaired) electrons. The molecule has 2 amide bonds. The number of hydrogen-bond acceptors (Lipinski definition) is 15. The van der Waals surface area contributed by atoms with Crippen molar-refractivity contribution in [1.82, 2.24) is 10.3 Å². The minimum Gasteiger partial charge on any atom is -0.833 e. The fourth-order valence-electron chi connectivity index (χ4n) is 7.62. The molecule has 0 aromatic heterocycles. The number of nitrogens with one attached hydrogen (secondary N) is 1. The number of fused-ring (bicyclic) bond motifs is 3. The molecule has 55 heavy (non-hydrogen) atoms. The Kier molecular flexibility index (Phi) is 12.8. The van der Waals surface area contributed by atoms with Crippen molar-refractivity contribution in [2.45, 2.75) is 101 Å². The predicted octanol–water partition coefficient (Wildman–Crippen LogP) is -0.545. The lowest BCUT2D eigenvalue weighted by Crippen LogP contribution is -2.53. The number of ether oxygens (including phenoxy) is 2. The largest absolute Gasteiger partial charge is 0.833 e. The Morgan fingerprint density at radius 1 is 1.11 bits per heavy atom. The summed E-state index contributed by atoms with van der Waals surface area (Å²) in [4.78, 5) is 53.4. The number of aliphatic hydroxyl groups is 4. The van der Waals surface area contributed by atoms with E-state index in [0.717, 1.165) is 0 Å². The van der Waals surface area contributed by atoms with Crippen LogP contribution in [0.5, 0.6) is 11.5 Å². The summed E-state index contributed by atoms with van der Waals surface area (Å²) in [5, 5.41) is 82.1. The molecule has 4 aliphatic rings. The SMILES string of the molecule is CC1O[C@@H](O[C@H]2C[C@](O)(/C(CO)=N/NC(=O)CCCCCN3C(=O)C=CC3[O-])Cc3c(O)c4c(c(O)c32)C(=O)c2c(CO)cccc2C4=O)C[C@@H](N)[C@H]1O.Cl. The van der Waals surface area contributed by atoms with Gasteiger partial charge in [-0.15, -0.1) is 12.4 Å². The van der Waals surface area contributed by atoms with Crippen molar-refractivity contribution < 1.29 is 64.4 Å². The van der Waals surface area contributed by atoms with Crippen molar-refractivity contribution in [2.24, 2.45) is 10.8 Å². The zero-order valence-corrected chi connectivity index (χ0v) is 30.7. The van der Waals surface area contributed by atoms with Crippen LogP contribution < -0.4 is 16.3 Å². The number of aromatic hydroxyl groups is 2. The van der Waals surface area contributed by atoms with Crippen molar-refractivity contribution in [1.29, 1.82) is 0 Å². The van der Waals surface area contributed by atoms with Crippen LogP contribution in [0.4, 0.5) is 0 Å². The number of phenolic OH excluding ortho intramolecular Hbond substituents is 2. The highest BCUT2D eigenvalue weighted by Crippen LogP contribution is 2.52. The first kappa shape index (κ1) is 41.9. The summed E-state index contributed by atoms with van der Waals surface area (Å²) < 4.78 is 12.1. The Bertz CT molecular complexity index is 1910. The van der Waals surface area contributed by atoms with Crippen LogP contribution in [0.3, 0.4) is 0 Å². The minimum atomic E-state index is -2.17. The van der Waals surface area contributed by atoms with E-state index < -0.39 is 109 Å². The second-order valence-electron chi connectivity index (χ2n) is 14.0. The van der Waals surface area contributed by atoms with Crippen LogP contribution in [0.15, 0.2) is 35.5 Å². The predicted molar refractivity (Wildman–Crippen MR) is 192 cm³/mol. The number of benzene rings is 2. The third-order valence-corrected chi connectivity index (χ3v) is 10.5. The van der Waals surface area contributed by atoms with Crippen LogP contribution in [0.1, 0.15) is 100 Å². The van der Waals surface area contributed by atoms with E-state index in [9.17, 15) is 54.9 Å². The number of rotatable bonds is 12. The molecule has 298 valence electrons. The summed E-state index contributed by atoms with van der Waals surface area (Å²) in [6.45, 7) is 0.343. The topological polar surface area (TPSA) is 285 Å². The molecule has 7 atom stereocenters. The van der Waals surface area contributed by atoms with E-state index >= 15 is 0 Å². The first-order chi connectivity index (χ1) is 25.7. The third kappa shape index (κ3) is 7.89. The Hall–Kier alpha value is -4.30. The number of nitrogens with zero attached hydrogens (tertiary/aromatic N) is 2. The maximum absolute atomic E-state index is 13.9. The second-order valence-corrected chi connectivity index (χ2v) is 14.0. The van der Waals surface area contributed by atoms with E-state index in [1.165, 1.54) is 35.3 Å². The van der Waals surface area contributed by atoms with E-state index in [-0.39, 0.29) is 71.2 Å². The van der Waals surface area contributed by atoms with Crippen molar-refractivity contribution in [3.63, 3.8) is 0 Å². The fourth-order valence-corrected chi connectivity index (χ4v) is 7.62. The minimum absolute atomic E-state index is 0. The normalized spacial score (nSPS) is 27.4. The van der Waals surface area contributed by atoms with Gasteiger partial charge in [-0.1, -0.05) is 30.7 Å². The molecule has 18 heteroatoms. The lowest BCUT2D eigenvalue weighted by molar-refractivity contribution is -0.432. The molecular weight excluding hydrogens is 744 g/mol. The average molecular weight is 788 g/mol. The summed E-state index contributed by atoms with van der Waals surface area (Å²) in [5.41, 5.74) is 4.41. The number of halogens is 1. The molecule has 6 rings (SSSR count). The van der Waals surface area contributed by atoms with Crippen LogP contribution in [0, 0.1) is 0 Å². The number of aliphatic hydroxyl groups excluding tert-OH is 3. The molecule has 1 fully saturated rings. The Morgan fingerprint density at radius 2 is 1.84 bits per heavy atom. The van der Waals surface area contributed by atoms with Gasteiger partial charge in [-0.05, 0) is 37.6 Å². The zero-order chi connectivity index (χ0) is 39.1. The standard InChI is InChI=1S/C37H43N4O13.ClH/c1-17-32(47)21(38)12-27(53-17)54-22-14-37(52,23(16-43)39-40-24(44)8-3-2-4-11-41-25(45)9-10-26(41)46)13-20-29(22)36(51)31-30(34(20)49)33(48)19-7-5-6-18(15-42)28(19)35(31)50;/h5-7,9-10,17,21-22,25,27,32,42-43,47,49,51-52H,2-4,8,11-16,38H2,1H3,(H,40,44);1H/q-1;/b39-23+;/t17?,21-,22+,25?,27+,32+,37+;/m1./s1. The monoisotopic (exact) mass is 787 g/mol. The number of ketones is 2. The van der Waals surface area contributed by atoms with Crippen LogP contribution in [0.25, 0.3) is 0 Å². The molecule has 2 aliphatic carbocycles. The average Bonchev–Trinajstić information content (AvgIpc) is 3.46. The van der Waals surface area contributed by atoms with Gasteiger partial charge in [-0.2, -0.15) is 5.10 Å². The Labute approximate surface area is 321 Å². The number of hydrazone groups is 1. The highest BCUT2D eigenvalue weighted by Gasteiger charge is 2.49. The van der Waals surface area contributed by atoms with E-state index in [1.807, 2.05) is 0 Å². The van der Waals surface area contributed by atoms with Crippen LogP contribution >= 0.6 is 12.4 Å². The summed E-state index contributed by atoms with van der Waals surface area (Å²) in [6, 6.07) is 3.47. The Morgan fingerprint density at radius 3 is 2.49 bits per heavy atom.